The fourth-order valence-electron chi connectivity index (χ4n) is 4.99. The van der Waals surface area contributed by atoms with Gasteiger partial charge in [0.15, 0.2) is 0 Å². The summed E-state index contributed by atoms with van der Waals surface area (Å²) in [5.74, 6) is 1.92. The van der Waals surface area contributed by atoms with E-state index in [4.69, 9.17) is 10.5 Å². The number of carbonyl (C=O) groups excluding carboxylic acids is 2. The summed E-state index contributed by atoms with van der Waals surface area (Å²) in [5, 5.41) is 10.6. The molecule has 2 saturated carbocycles. The Kier molecular flexibility index (Phi) is 4.74. The molecule has 0 bridgehead atoms. The number of phenolic OH excluding ortho intramolecular Hbond substituents is 1. The maximum atomic E-state index is 12.7. The average Bonchev–Trinajstić information content (AvgIpc) is 3.06. The Hall–Kier alpha value is -2.24. The summed E-state index contributed by atoms with van der Waals surface area (Å²) in [6, 6.07) is 5.77. The first-order valence-electron chi connectivity index (χ1n) is 10.0. The van der Waals surface area contributed by atoms with E-state index >= 15 is 0 Å². The molecule has 6 nitrogen and oxygen atoms in total. The van der Waals surface area contributed by atoms with E-state index in [0.29, 0.717) is 42.5 Å². The number of nitrogens with two attached hydrogens (primary N) is 1. The first-order valence-corrected chi connectivity index (χ1v) is 10.0. The zero-order valence-corrected chi connectivity index (χ0v) is 15.8. The van der Waals surface area contributed by atoms with E-state index in [1.807, 2.05) is 30.0 Å². The van der Waals surface area contributed by atoms with Crippen LogP contribution in [0.25, 0.3) is 0 Å². The molecule has 6 heteroatoms. The average molecular weight is 372 g/mol. The number of carbonyl (C=O) groups is 2. The Balaban J connectivity index is 1.35. The molecule has 0 aromatic heterocycles. The van der Waals surface area contributed by atoms with E-state index in [0.717, 1.165) is 30.4 Å². The van der Waals surface area contributed by atoms with E-state index in [9.17, 15) is 14.7 Å². The van der Waals surface area contributed by atoms with Gasteiger partial charge in [-0.25, -0.2) is 4.79 Å². The van der Waals surface area contributed by atoms with Gasteiger partial charge in [0.1, 0.15) is 11.9 Å². The summed E-state index contributed by atoms with van der Waals surface area (Å²) in [4.78, 5) is 25.7. The minimum atomic E-state index is -0.721. The molecule has 1 saturated heterocycles. The third-order valence-corrected chi connectivity index (χ3v) is 6.75. The van der Waals surface area contributed by atoms with Gasteiger partial charge in [-0.3, -0.25) is 4.79 Å². The van der Waals surface area contributed by atoms with Crippen molar-refractivity contribution in [3.05, 3.63) is 29.3 Å². The van der Waals surface area contributed by atoms with Crippen molar-refractivity contribution in [2.75, 3.05) is 13.1 Å². The van der Waals surface area contributed by atoms with E-state index in [-0.39, 0.29) is 18.4 Å². The molecular weight excluding hydrogens is 344 g/mol. The van der Waals surface area contributed by atoms with Crippen LogP contribution in [0.4, 0.5) is 4.79 Å². The predicted molar refractivity (Wildman–Crippen MR) is 100 cm³/mol. The molecule has 1 aromatic carbocycles. The molecular formula is C21H28N2O4. The smallest absolute Gasteiger partial charge is 0.404 e. The number of fused-ring (bicyclic) bond motifs is 1. The zero-order chi connectivity index (χ0) is 19.1. The van der Waals surface area contributed by atoms with E-state index < -0.39 is 6.09 Å². The first kappa shape index (κ1) is 18.1. The molecule has 3 atom stereocenters. The van der Waals surface area contributed by atoms with Crippen molar-refractivity contribution in [3.63, 3.8) is 0 Å². The topological polar surface area (TPSA) is 92.9 Å². The second kappa shape index (κ2) is 7.06. The number of hydrogen-bond donors (Lipinski definition) is 2. The van der Waals surface area contributed by atoms with E-state index in [1.165, 1.54) is 6.42 Å². The molecule has 4 rings (SSSR count). The zero-order valence-electron chi connectivity index (χ0n) is 15.8. The fraction of sp³-hybridized carbons (Fsp3) is 0.619. The fourth-order valence-corrected chi connectivity index (χ4v) is 4.99. The van der Waals surface area contributed by atoms with Crippen molar-refractivity contribution in [2.45, 2.75) is 51.0 Å². The standard InChI is InChI=1S/C21H28N2O4/c1-2-17(27-21(22)26)19-15-10-23(11-16(15)19)18(24)9-13-7-4-8-14(20(13)25)12-5-3-6-12/h4,7-8,12,15-17,19,25H,2-3,5-6,9-11H2,1H3,(H2,22,26). The Bertz CT molecular complexity index is 734. The van der Waals surface area contributed by atoms with Gasteiger partial charge in [-0.05, 0) is 42.6 Å². The van der Waals surface area contributed by atoms with Crippen molar-refractivity contribution < 1.29 is 19.4 Å². The molecule has 1 aliphatic heterocycles. The lowest BCUT2D eigenvalue weighted by Crippen LogP contribution is -2.35. The van der Waals surface area contributed by atoms with Gasteiger partial charge < -0.3 is 20.5 Å². The first-order chi connectivity index (χ1) is 13.0. The predicted octanol–water partition coefficient (Wildman–Crippen LogP) is 2.78. The molecule has 146 valence electrons. The second-order valence-electron chi connectivity index (χ2n) is 8.25. The minimum absolute atomic E-state index is 0.0610. The highest BCUT2D eigenvalue weighted by Crippen LogP contribution is 2.55. The number of primary amides is 1. The maximum absolute atomic E-state index is 12.7. The Morgan fingerprint density at radius 3 is 2.56 bits per heavy atom. The van der Waals surface area contributed by atoms with Gasteiger partial charge in [0.05, 0.1) is 6.42 Å². The molecule has 3 N–H and O–H groups in total. The number of amides is 2. The lowest BCUT2D eigenvalue weighted by molar-refractivity contribution is -0.130. The molecule has 27 heavy (non-hydrogen) atoms. The summed E-state index contributed by atoms with van der Waals surface area (Å²) < 4.78 is 5.22. The van der Waals surface area contributed by atoms with Crippen molar-refractivity contribution in [1.29, 1.82) is 0 Å². The number of phenols is 1. The highest BCUT2D eigenvalue weighted by molar-refractivity contribution is 5.80. The number of aromatic hydroxyl groups is 1. The third kappa shape index (κ3) is 3.37. The summed E-state index contributed by atoms with van der Waals surface area (Å²) in [7, 11) is 0. The number of piperidine rings is 1. The maximum Gasteiger partial charge on any atom is 0.404 e. The molecule has 3 fully saturated rings. The number of ether oxygens (including phenoxy) is 1. The van der Waals surface area contributed by atoms with E-state index in [1.54, 1.807) is 0 Å². The van der Waals surface area contributed by atoms with Crippen LogP contribution < -0.4 is 5.73 Å². The van der Waals surface area contributed by atoms with Gasteiger partial charge in [0, 0.05) is 24.6 Å². The van der Waals surface area contributed by atoms with Crippen LogP contribution in [0, 0.1) is 17.8 Å². The molecule has 1 heterocycles. The van der Waals surface area contributed by atoms with Crippen LogP contribution in [0.5, 0.6) is 5.75 Å². The summed E-state index contributed by atoms with van der Waals surface area (Å²) in [6.07, 6.45) is 3.58. The molecule has 2 aliphatic carbocycles. The van der Waals surface area contributed by atoms with Crippen LogP contribution in [0.3, 0.4) is 0 Å². The molecule has 3 unspecified atom stereocenters. The number of benzene rings is 1. The van der Waals surface area contributed by atoms with Gasteiger partial charge >= 0.3 is 6.09 Å². The van der Waals surface area contributed by atoms with Crippen molar-refractivity contribution in [3.8, 4) is 5.75 Å². The van der Waals surface area contributed by atoms with Gasteiger partial charge in [-0.15, -0.1) is 0 Å². The Morgan fingerprint density at radius 1 is 1.30 bits per heavy atom. The monoisotopic (exact) mass is 372 g/mol. The lowest BCUT2D eigenvalue weighted by atomic mass is 9.79. The quantitative estimate of drug-likeness (QED) is 0.803. The summed E-state index contributed by atoms with van der Waals surface area (Å²) in [5.41, 5.74) is 6.88. The number of likely N-dealkylation sites (tertiary alicyclic amines) is 1. The molecule has 1 aromatic rings. The van der Waals surface area contributed by atoms with Crippen molar-refractivity contribution >= 4 is 12.0 Å². The number of nitrogens with zero attached hydrogens (tertiary/aromatic N) is 1. The molecule has 2 amide bonds. The summed E-state index contributed by atoms with van der Waals surface area (Å²) >= 11 is 0. The normalized spacial score (nSPS) is 27.6. The lowest BCUT2D eigenvalue weighted by Gasteiger charge is -2.27. The van der Waals surface area contributed by atoms with Gasteiger partial charge in [0.2, 0.25) is 5.91 Å². The largest absolute Gasteiger partial charge is 0.507 e. The number of para-hydroxylation sites is 1. The number of hydrogen-bond acceptors (Lipinski definition) is 4. The SMILES string of the molecule is CCC(OC(N)=O)C1C2CN(C(=O)Cc3cccc(C4CCC4)c3O)CC21. The van der Waals surface area contributed by atoms with Crippen LogP contribution >= 0.6 is 0 Å². The second-order valence-corrected chi connectivity index (χ2v) is 8.25. The van der Waals surface area contributed by atoms with Gasteiger partial charge in [-0.1, -0.05) is 31.5 Å². The van der Waals surface area contributed by atoms with Crippen LogP contribution in [0.15, 0.2) is 18.2 Å². The van der Waals surface area contributed by atoms with Crippen molar-refractivity contribution in [2.24, 2.45) is 23.5 Å². The van der Waals surface area contributed by atoms with E-state index in [2.05, 4.69) is 0 Å². The molecule has 0 spiro atoms. The third-order valence-electron chi connectivity index (χ3n) is 6.75. The molecule has 0 radical (unpaired) electrons. The molecule has 3 aliphatic rings. The van der Waals surface area contributed by atoms with Crippen LogP contribution in [-0.2, 0) is 16.0 Å². The Labute approximate surface area is 159 Å². The highest BCUT2D eigenvalue weighted by Gasteiger charge is 2.60. The van der Waals surface area contributed by atoms with Crippen LogP contribution in [-0.4, -0.2) is 41.2 Å². The minimum Gasteiger partial charge on any atom is -0.507 e. The Morgan fingerprint density at radius 2 is 2.00 bits per heavy atom. The number of rotatable bonds is 6. The van der Waals surface area contributed by atoms with Gasteiger partial charge in [-0.2, -0.15) is 0 Å². The van der Waals surface area contributed by atoms with Crippen molar-refractivity contribution in [1.82, 2.24) is 4.90 Å². The van der Waals surface area contributed by atoms with Gasteiger partial charge in [0.25, 0.3) is 0 Å². The highest BCUT2D eigenvalue weighted by atomic mass is 16.6. The van der Waals surface area contributed by atoms with Crippen LogP contribution in [0.1, 0.15) is 49.7 Å². The summed E-state index contributed by atoms with van der Waals surface area (Å²) in [6.45, 7) is 3.40. The van der Waals surface area contributed by atoms with Crippen LogP contribution in [0.2, 0.25) is 0 Å².